The van der Waals surface area contributed by atoms with Crippen LogP contribution in [-0.4, -0.2) is 61.5 Å². The fraction of sp³-hybridized carbons (Fsp3) is 0.320. The lowest BCUT2D eigenvalue weighted by Crippen LogP contribution is -2.42. The summed E-state index contributed by atoms with van der Waals surface area (Å²) < 4.78 is 10.8. The van der Waals surface area contributed by atoms with Gasteiger partial charge in [-0.3, -0.25) is 9.88 Å². The number of nitrogens with two attached hydrogens (primary N) is 1. The number of nitriles is 1. The highest BCUT2D eigenvalue weighted by atomic mass is 32.1. The molecule has 1 fully saturated rings. The predicted octanol–water partition coefficient (Wildman–Crippen LogP) is 3.37. The first-order chi connectivity index (χ1) is 17.0. The molecule has 0 amide bonds. The maximum absolute atomic E-state index is 9.76. The van der Waals surface area contributed by atoms with Gasteiger partial charge in [0.25, 0.3) is 0 Å². The number of anilines is 4. The Labute approximate surface area is 210 Å². The Hall–Kier alpha value is -3.65. The second-order valence-electron chi connectivity index (χ2n) is 8.26. The fourth-order valence-corrected chi connectivity index (χ4v) is 4.11. The second-order valence-corrected chi connectivity index (χ2v) is 8.66. The van der Waals surface area contributed by atoms with Crippen LogP contribution in [0, 0.1) is 18.3 Å². The standard InChI is InChI=1S/C25H29N7O2S/c1-16-3-4-18(33-2)11-21(16)30-24-17(14-26)15-29-22-13-20(27)23(12-19(22)24)31-25(35)28-5-6-32-7-9-34-10-8-32/h3-4,11-13,15H,5-10,27H2,1-2H3,(H,29,30)(H2,28,31,35). The van der Waals surface area contributed by atoms with E-state index < -0.39 is 0 Å². The largest absolute Gasteiger partial charge is 0.497 e. The number of methoxy groups -OCH3 is 1. The number of thiocarbonyl (C=S) groups is 1. The minimum Gasteiger partial charge on any atom is -0.497 e. The molecule has 1 saturated heterocycles. The quantitative estimate of drug-likeness (QED) is 0.289. The zero-order chi connectivity index (χ0) is 24.8. The maximum atomic E-state index is 9.76. The molecular formula is C25H29N7O2S. The maximum Gasteiger partial charge on any atom is 0.170 e. The van der Waals surface area contributed by atoms with Crippen molar-refractivity contribution in [3.8, 4) is 11.8 Å². The number of rotatable bonds is 7. The van der Waals surface area contributed by atoms with Crippen molar-refractivity contribution in [2.75, 3.05) is 62.9 Å². The Morgan fingerprint density at radius 1 is 1.26 bits per heavy atom. The molecule has 0 saturated carbocycles. The van der Waals surface area contributed by atoms with Crippen molar-refractivity contribution in [3.63, 3.8) is 0 Å². The van der Waals surface area contributed by atoms with Gasteiger partial charge in [0, 0.05) is 49.5 Å². The lowest BCUT2D eigenvalue weighted by atomic mass is 10.1. The number of fused-ring (bicyclic) bond motifs is 1. The van der Waals surface area contributed by atoms with E-state index in [1.165, 1.54) is 0 Å². The zero-order valence-corrected chi connectivity index (χ0v) is 20.7. The number of hydrogen-bond acceptors (Lipinski definition) is 8. The molecule has 3 aromatic rings. The molecule has 2 aromatic carbocycles. The molecule has 9 nitrogen and oxygen atoms in total. The minimum absolute atomic E-state index is 0.418. The van der Waals surface area contributed by atoms with Crippen LogP contribution in [-0.2, 0) is 4.74 Å². The average Bonchev–Trinajstić information content (AvgIpc) is 2.87. The molecule has 35 heavy (non-hydrogen) atoms. The molecule has 4 rings (SSSR count). The van der Waals surface area contributed by atoms with Gasteiger partial charge in [-0.1, -0.05) is 6.07 Å². The van der Waals surface area contributed by atoms with Crippen LogP contribution in [0.4, 0.5) is 22.7 Å². The Bertz CT molecular complexity index is 1270. The summed E-state index contributed by atoms with van der Waals surface area (Å²) in [5, 5.41) is 20.8. The van der Waals surface area contributed by atoms with Crippen molar-refractivity contribution in [2.45, 2.75) is 6.92 Å². The third-order valence-corrected chi connectivity index (χ3v) is 6.18. The summed E-state index contributed by atoms with van der Waals surface area (Å²) >= 11 is 5.50. The van der Waals surface area contributed by atoms with Crippen LogP contribution in [0.25, 0.3) is 10.9 Å². The molecule has 0 aliphatic carbocycles. The monoisotopic (exact) mass is 491 g/mol. The van der Waals surface area contributed by atoms with Gasteiger partial charge in [-0.2, -0.15) is 5.26 Å². The third kappa shape index (κ3) is 5.89. The number of morpholine rings is 1. The Kier molecular flexibility index (Phi) is 7.82. The van der Waals surface area contributed by atoms with Crippen molar-refractivity contribution in [2.24, 2.45) is 0 Å². The van der Waals surface area contributed by atoms with E-state index in [0.717, 1.165) is 55.2 Å². The fourth-order valence-electron chi connectivity index (χ4n) is 3.90. The van der Waals surface area contributed by atoms with E-state index in [1.54, 1.807) is 19.4 Å². The summed E-state index contributed by atoms with van der Waals surface area (Å²) in [6, 6.07) is 11.6. The van der Waals surface area contributed by atoms with Crippen LogP contribution >= 0.6 is 12.2 Å². The molecular weight excluding hydrogens is 462 g/mol. The molecule has 5 N–H and O–H groups in total. The van der Waals surface area contributed by atoms with Gasteiger partial charge in [0.15, 0.2) is 5.11 Å². The van der Waals surface area contributed by atoms with Crippen molar-refractivity contribution >= 4 is 51.0 Å². The Morgan fingerprint density at radius 2 is 2.06 bits per heavy atom. The highest BCUT2D eigenvalue weighted by molar-refractivity contribution is 7.80. The van der Waals surface area contributed by atoms with E-state index in [4.69, 9.17) is 27.4 Å². The van der Waals surface area contributed by atoms with E-state index in [2.05, 4.69) is 31.9 Å². The number of benzene rings is 2. The Morgan fingerprint density at radius 3 is 2.80 bits per heavy atom. The molecule has 10 heteroatoms. The molecule has 1 aliphatic rings. The van der Waals surface area contributed by atoms with E-state index >= 15 is 0 Å². The number of nitrogen functional groups attached to an aromatic ring is 1. The summed E-state index contributed by atoms with van der Waals surface area (Å²) in [7, 11) is 1.62. The van der Waals surface area contributed by atoms with Crippen LogP contribution in [0.15, 0.2) is 36.5 Å². The average molecular weight is 492 g/mol. The van der Waals surface area contributed by atoms with E-state index in [9.17, 15) is 5.26 Å². The molecule has 2 heterocycles. The number of hydrogen-bond donors (Lipinski definition) is 4. The van der Waals surface area contributed by atoms with Gasteiger partial charge in [0.1, 0.15) is 11.8 Å². The van der Waals surface area contributed by atoms with E-state index in [-0.39, 0.29) is 0 Å². The van der Waals surface area contributed by atoms with Gasteiger partial charge in [-0.25, -0.2) is 0 Å². The highest BCUT2D eigenvalue weighted by Gasteiger charge is 2.15. The predicted molar refractivity (Wildman–Crippen MR) is 143 cm³/mol. The van der Waals surface area contributed by atoms with Gasteiger partial charge in [-0.15, -0.1) is 0 Å². The minimum atomic E-state index is 0.418. The summed E-state index contributed by atoms with van der Waals surface area (Å²) in [6.07, 6.45) is 1.55. The number of nitrogens with one attached hydrogen (secondary N) is 3. The smallest absolute Gasteiger partial charge is 0.170 e. The lowest BCUT2D eigenvalue weighted by Gasteiger charge is -2.26. The summed E-state index contributed by atoms with van der Waals surface area (Å²) in [4.78, 5) is 6.76. The van der Waals surface area contributed by atoms with Crippen LogP contribution in [0.1, 0.15) is 11.1 Å². The van der Waals surface area contributed by atoms with Gasteiger partial charge in [0.05, 0.1) is 48.5 Å². The third-order valence-electron chi connectivity index (χ3n) is 5.93. The number of aromatic nitrogens is 1. The molecule has 1 aromatic heterocycles. The van der Waals surface area contributed by atoms with Gasteiger partial charge >= 0.3 is 0 Å². The molecule has 0 bridgehead atoms. The molecule has 0 radical (unpaired) electrons. The first kappa shape index (κ1) is 24.5. The number of pyridine rings is 1. The molecule has 0 atom stereocenters. The number of aryl methyl sites for hydroxylation is 1. The number of nitrogens with zero attached hydrogens (tertiary/aromatic N) is 3. The molecule has 182 valence electrons. The molecule has 0 unspecified atom stereocenters. The number of ether oxygens (including phenoxy) is 2. The first-order valence-electron chi connectivity index (χ1n) is 11.4. The molecule has 1 aliphatic heterocycles. The lowest BCUT2D eigenvalue weighted by molar-refractivity contribution is 0.0389. The summed E-state index contributed by atoms with van der Waals surface area (Å²) in [5.41, 5.74) is 11.0. The molecule has 0 spiro atoms. The summed E-state index contributed by atoms with van der Waals surface area (Å²) in [6.45, 7) is 6.96. The van der Waals surface area contributed by atoms with Crippen molar-refractivity contribution in [1.82, 2.24) is 15.2 Å². The van der Waals surface area contributed by atoms with E-state index in [0.29, 0.717) is 39.8 Å². The van der Waals surface area contributed by atoms with Crippen LogP contribution < -0.4 is 26.4 Å². The van der Waals surface area contributed by atoms with Crippen molar-refractivity contribution < 1.29 is 9.47 Å². The zero-order valence-electron chi connectivity index (χ0n) is 19.9. The van der Waals surface area contributed by atoms with Crippen LogP contribution in [0.3, 0.4) is 0 Å². The topological polar surface area (TPSA) is 120 Å². The summed E-state index contributed by atoms with van der Waals surface area (Å²) in [5.74, 6) is 0.718. The van der Waals surface area contributed by atoms with Gasteiger partial charge in [-0.05, 0) is 42.9 Å². The van der Waals surface area contributed by atoms with E-state index in [1.807, 2.05) is 31.2 Å². The second kappa shape index (κ2) is 11.2. The van der Waals surface area contributed by atoms with Crippen LogP contribution in [0.2, 0.25) is 0 Å². The first-order valence-corrected chi connectivity index (χ1v) is 11.8. The SMILES string of the molecule is COc1ccc(C)c(Nc2c(C#N)cnc3cc(N)c(NC(=S)NCCN4CCOCC4)cc23)c1. The van der Waals surface area contributed by atoms with Gasteiger partial charge in [0.2, 0.25) is 0 Å². The Balaban J connectivity index is 1.57. The normalized spacial score (nSPS) is 13.7. The van der Waals surface area contributed by atoms with Crippen molar-refractivity contribution in [1.29, 1.82) is 5.26 Å². The van der Waals surface area contributed by atoms with Crippen molar-refractivity contribution in [3.05, 3.63) is 47.7 Å². The van der Waals surface area contributed by atoms with Crippen LogP contribution in [0.5, 0.6) is 5.75 Å². The van der Waals surface area contributed by atoms with Gasteiger partial charge < -0.3 is 31.2 Å². The highest BCUT2D eigenvalue weighted by Crippen LogP contribution is 2.35.